The van der Waals surface area contributed by atoms with E-state index in [-0.39, 0.29) is 37.7 Å². The van der Waals surface area contributed by atoms with Crippen molar-refractivity contribution in [2.24, 2.45) is 0 Å². The summed E-state index contributed by atoms with van der Waals surface area (Å²) in [6, 6.07) is 19.4. The number of benzene rings is 3. The summed E-state index contributed by atoms with van der Waals surface area (Å²) in [6.45, 7) is 6.32. The van der Waals surface area contributed by atoms with Gasteiger partial charge in [0.1, 0.15) is 6.04 Å². The van der Waals surface area contributed by atoms with E-state index in [1.807, 2.05) is 63.2 Å². The molecule has 1 N–H and O–H groups in total. The number of aryl methyl sites for hydroxylation is 1. The van der Waals surface area contributed by atoms with Gasteiger partial charge >= 0.3 is 0 Å². The van der Waals surface area contributed by atoms with Crippen LogP contribution in [0.3, 0.4) is 0 Å². The van der Waals surface area contributed by atoms with Crippen LogP contribution in [0.5, 0.6) is 0 Å². The highest BCUT2D eigenvalue weighted by Crippen LogP contribution is 2.27. The lowest BCUT2D eigenvalue weighted by Gasteiger charge is -2.32. The number of anilines is 1. The average Bonchev–Trinajstić information content (AvgIpc) is 2.92. The second-order valence-corrected chi connectivity index (χ2v) is 12.7. The first-order chi connectivity index (χ1) is 19.4. The number of carbonyl (C=O) groups is 2. The highest BCUT2D eigenvalue weighted by molar-refractivity contribution is 7.92. The molecule has 0 aliphatic rings. The van der Waals surface area contributed by atoms with Gasteiger partial charge in [0.05, 0.1) is 22.0 Å². The van der Waals surface area contributed by atoms with Crippen LogP contribution >= 0.6 is 23.2 Å². The highest BCUT2D eigenvalue weighted by atomic mass is 35.5. The third-order valence-corrected chi connectivity index (χ3v) is 8.87. The number of nitrogens with zero attached hydrogens (tertiary/aromatic N) is 2. The molecule has 0 saturated carbocycles. The van der Waals surface area contributed by atoms with Gasteiger partial charge in [0.2, 0.25) is 21.8 Å². The zero-order valence-corrected chi connectivity index (χ0v) is 26.2. The summed E-state index contributed by atoms with van der Waals surface area (Å²) in [6.07, 6.45) is 1.79. The summed E-state index contributed by atoms with van der Waals surface area (Å²) in [7, 11) is -3.59. The van der Waals surface area contributed by atoms with Crippen LogP contribution in [-0.2, 0) is 32.6 Å². The summed E-state index contributed by atoms with van der Waals surface area (Å²) in [5, 5.41) is 3.61. The third-order valence-electron chi connectivity index (χ3n) is 6.96. The summed E-state index contributed by atoms with van der Waals surface area (Å²) < 4.78 is 26.8. The smallest absolute Gasteiger partial charge is 0.243 e. The van der Waals surface area contributed by atoms with Crippen molar-refractivity contribution in [3.63, 3.8) is 0 Å². The average molecular weight is 619 g/mol. The lowest BCUT2D eigenvalue weighted by Crippen LogP contribution is -2.50. The van der Waals surface area contributed by atoms with Crippen LogP contribution in [0.1, 0.15) is 42.0 Å². The van der Waals surface area contributed by atoms with Crippen molar-refractivity contribution in [3.8, 4) is 0 Å². The SMILES string of the molecule is CCNC(=O)C(Cc1ccccc1)N(Cc1ccc(Cl)c(Cl)c1)C(=O)CCCN(c1cccc(C)c1C)S(C)(=O)=O. The minimum Gasteiger partial charge on any atom is -0.355 e. The predicted molar refractivity (Wildman–Crippen MR) is 167 cm³/mol. The predicted octanol–water partition coefficient (Wildman–Crippen LogP) is 5.93. The molecule has 3 rings (SSSR count). The number of hydrogen-bond acceptors (Lipinski definition) is 4. The standard InChI is InChI=1S/C31H37Cl2N3O4S/c1-5-34-31(38)29(20-24-12-7-6-8-13-24)35(21-25-16-17-26(32)27(33)19-25)30(37)15-10-18-36(41(4,39)40)28-14-9-11-22(2)23(28)3/h6-9,11-14,16-17,19,29H,5,10,15,18,20-21H2,1-4H3,(H,34,38). The normalized spacial score (nSPS) is 12.0. The Labute approximate surface area is 253 Å². The van der Waals surface area contributed by atoms with E-state index in [1.165, 1.54) is 4.31 Å². The molecule has 0 spiro atoms. The van der Waals surface area contributed by atoms with Crippen molar-refractivity contribution in [3.05, 3.63) is 99.0 Å². The van der Waals surface area contributed by atoms with Crippen LogP contribution in [0.2, 0.25) is 10.0 Å². The summed E-state index contributed by atoms with van der Waals surface area (Å²) in [4.78, 5) is 28.7. The van der Waals surface area contributed by atoms with Crippen LogP contribution in [-0.4, -0.2) is 50.5 Å². The van der Waals surface area contributed by atoms with Gasteiger partial charge in [-0.2, -0.15) is 0 Å². The van der Waals surface area contributed by atoms with Gasteiger partial charge < -0.3 is 10.2 Å². The topological polar surface area (TPSA) is 86.8 Å². The lowest BCUT2D eigenvalue weighted by atomic mass is 10.0. The monoisotopic (exact) mass is 617 g/mol. The van der Waals surface area contributed by atoms with Gasteiger partial charge in [0.25, 0.3) is 0 Å². The maximum absolute atomic E-state index is 13.8. The molecule has 0 bridgehead atoms. The molecule has 3 aromatic rings. The zero-order valence-electron chi connectivity index (χ0n) is 23.9. The molecule has 0 aromatic heterocycles. The van der Waals surface area contributed by atoms with E-state index in [0.717, 1.165) is 28.5 Å². The molecule has 0 radical (unpaired) electrons. The van der Waals surface area contributed by atoms with Crippen LogP contribution in [0, 0.1) is 13.8 Å². The Morgan fingerprint density at radius 1 is 0.927 bits per heavy atom. The van der Waals surface area contributed by atoms with Gasteiger partial charge in [-0.25, -0.2) is 8.42 Å². The fourth-order valence-corrected chi connectivity index (χ4v) is 6.01. The van der Waals surface area contributed by atoms with Crippen LogP contribution in [0.15, 0.2) is 66.7 Å². The Kier molecular flexibility index (Phi) is 11.6. The number of halogens is 2. The van der Waals surface area contributed by atoms with Crippen LogP contribution in [0.4, 0.5) is 5.69 Å². The van der Waals surface area contributed by atoms with Crippen molar-refractivity contribution in [2.75, 3.05) is 23.7 Å². The number of carbonyl (C=O) groups excluding carboxylic acids is 2. The molecule has 0 saturated heterocycles. The van der Waals surface area contributed by atoms with Gasteiger partial charge in [-0.15, -0.1) is 0 Å². The molecule has 0 aliphatic heterocycles. The van der Waals surface area contributed by atoms with Crippen molar-refractivity contribution in [1.82, 2.24) is 10.2 Å². The molecule has 1 unspecified atom stereocenters. The molecule has 0 heterocycles. The number of sulfonamides is 1. The van der Waals surface area contributed by atoms with Crippen LogP contribution < -0.4 is 9.62 Å². The summed E-state index contributed by atoms with van der Waals surface area (Å²) in [5.74, 6) is -0.532. The minimum atomic E-state index is -3.59. The number of likely N-dealkylation sites (N-methyl/N-ethyl adjacent to an activating group) is 1. The number of rotatable bonds is 13. The van der Waals surface area contributed by atoms with E-state index in [4.69, 9.17) is 23.2 Å². The van der Waals surface area contributed by atoms with Crippen molar-refractivity contribution in [2.45, 2.75) is 52.6 Å². The Morgan fingerprint density at radius 3 is 2.27 bits per heavy atom. The molecule has 10 heteroatoms. The summed E-state index contributed by atoms with van der Waals surface area (Å²) in [5.41, 5.74) is 4.07. The van der Waals surface area contributed by atoms with Gasteiger partial charge in [0, 0.05) is 32.5 Å². The maximum Gasteiger partial charge on any atom is 0.243 e. The third kappa shape index (κ3) is 8.96. The molecule has 3 aromatic carbocycles. The second-order valence-electron chi connectivity index (χ2n) is 10.0. The van der Waals surface area contributed by atoms with E-state index >= 15 is 0 Å². The molecule has 1 atom stereocenters. The van der Waals surface area contributed by atoms with Crippen molar-refractivity contribution < 1.29 is 18.0 Å². The molecule has 7 nitrogen and oxygen atoms in total. The number of amides is 2. The quantitative estimate of drug-likeness (QED) is 0.257. The molecule has 41 heavy (non-hydrogen) atoms. The lowest BCUT2D eigenvalue weighted by molar-refractivity contribution is -0.141. The first kappa shape index (κ1) is 32.4. The number of hydrogen-bond donors (Lipinski definition) is 1. The Bertz CT molecular complexity index is 1470. The molecule has 220 valence electrons. The number of nitrogens with one attached hydrogen (secondary N) is 1. The Balaban J connectivity index is 1.90. The summed E-state index contributed by atoms with van der Waals surface area (Å²) >= 11 is 12.4. The molecule has 2 amide bonds. The van der Waals surface area contributed by atoms with E-state index in [1.54, 1.807) is 29.2 Å². The van der Waals surface area contributed by atoms with E-state index in [2.05, 4.69) is 5.32 Å². The molecular formula is C31H37Cl2N3O4S. The Hall–Kier alpha value is -3.07. The van der Waals surface area contributed by atoms with Crippen molar-refractivity contribution in [1.29, 1.82) is 0 Å². The van der Waals surface area contributed by atoms with E-state index in [0.29, 0.717) is 28.7 Å². The largest absolute Gasteiger partial charge is 0.355 e. The molecule has 0 fully saturated rings. The fraction of sp³-hybridized carbons (Fsp3) is 0.355. The van der Waals surface area contributed by atoms with E-state index < -0.39 is 16.1 Å². The van der Waals surface area contributed by atoms with Gasteiger partial charge in [0.15, 0.2) is 0 Å². The fourth-order valence-electron chi connectivity index (χ4n) is 4.67. The van der Waals surface area contributed by atoms with E-state index in [9.17, 15) is 18.0 Å². The minimum absolute atomic E-state index is 0.0445. The van der Waals surface area contributed by atoms with Gasteiger partial charge in [-0.1, -0.05) is 71.7 Å². The highest BCUT2D eigenvalue weighted by Gasteiger charge is 2.30. The zero-order chi connectivity index (χ0) is 30.2. The van der Waals surface area contributed by atoms with Crippen molar-refractivity contribution >= 4 is 50.7 Å². The first-order valence-corrected chi connectivity index (χ1v) is 16.1. The maximum atomic E-state index is 13.8. The second kappa shape index (κ2) is 14.7. The molecule has 0 aliphatic carbocycles. The molecular weight excluding hydrogens is 581 g/mol. The van der Waals surface area contributed by atoms with Gasteiger partial charge in [-0.05, 0) is 67.6 Å². The Morgan fingerprint density at radius 2 is 1.63 bits per heavy atom. The van der Waals surface area contributed by atoms with Crippen LogP contribution in [0.25, 0.3) is 0 Å². The first-order valence-electron chi connectivity index (χ1n) is 13.5. The van der Waals surface area contributed by atoms with Gasteiger partial charge in [-0.3, -0.25) is 13.9 Å².